The number of aryl methyl sites for hydroxylation is 1. The van der Waals surface area contributed by atoms with Crippen LogP contribution in [0.5, 0.6) is 11.5 Å². The van der Waals surface area contributed by atoms with Gasteiger partial charge in [0.25, 0.3) is 0 Å². The van der Waals surface area contributed by atoms with E-state index in [0.717, 1.165) is 56.1 Å². The van der Waals surface area contributed by atoms with Crippen LogP contribution in [-0.2, 0) is 11.2 Å². The summed E-state index contributed by atoms with van der Waals surface area (Å²) in [7, 11) is 0. The van der Waals surface area contributed by atoms with Crippen LogP contribution in [0.25, 0.3) is 0 Å². The first-order chi connectivity index (χ1) is 13.9. The maximum absolute atomic E-state index is 12.2. The zero-order valence-electron chi connectivity index (χ0n) is 17.3. The van der Waals surface area contributed by atoms with Crippen molar-refractivity contribution in [2.24, 2.45) is 0 Å². The van der Waals surface area contributed by atoms with Gasteiger partial charge in [-0.2, -0.15) is 0 Å². The van der Waals surface area contributed by atoms with Gasteiger partial charge in [0, 0.05) is 11.5 Å². The molecule has 0 saturated heterocycles. The lowest BCUT2D eigenvalue weighted by Gasteiger charge is -2.24. The maximum atomic E-state index is 12.2. The summed E-state index contributed by atoms with van der Waals surface area (Å²) in [4.78, 5) is 22.9. The molecule has 1 amide bonds. The minimum atomic E-state index is -1.13. The molecule has 1 aromatic rings. The number of hydrogen-bond donors (Lipinski definition) is 2. The van der Waals surface area contributed by atoms with E-state index in [1.165, 1.54) is 11.8 Å². The molecule has 0 radical (unpaired) electrons. The number of unbranched alkanes of at least 4 members (excludes halogenated alkanes) is 2. The highest BCUT2D eigenvalue weighted by molar-refractivity contribution is 5.78. The van der Waals surface area contributed by atoms with Gasteiger partial charge < -0.3 is 19.9 Å². The number of carbonyl (C=O) groups is 2. The van der Waals surface area contributed by atoms with E-state index in [2.05, 4.69) is 31.8 Å². The smallest absolute Gasteiger partial charge is 0.413 e. The minimum Gasteiger partial charge on any atom is -0.480 e. The topological polar surface area (TPSA) is 84.9 Å². The summed E-state index contributed by atoms with van der Waals surface area (Å²) in [6, 6.07) is 3.87. The number of carboxylic acids is 1. The Morgan fingerprint density at radius 2 is 2.07 bits per heavy atom. The Hall–Kier alpha value is -2.76. The van der Waals surface area contributed by atoms with Crippen molar-refractivity contribution < 1.29 is 24.2 Å². The summed E-state index contributed by atoms with van der Waals surface area (Å²) < 4.78 is 11.3. The third-order valence-electron chi connectivity index (χ3n) is 4.97. The molecular formula is C23H31NO5. The summed E-state index contributed by atoms with van der Waals surface area (Å²) >= 11 is 0. The lowest BCUT2D eigenvalue weighted by molar-refractivity contribution is -0.135. The monoisotopic (exact) mass is 401 g/mol. The fourth-order valence-electron chi connectivity index (χ4n) is 3.64. The second-order valence-corrected chi connectivity index (χ2v) is 7.40. The Morgan fingerprint density at radius 1 is 1.31 bits per heavy atom. The van der Waals surface area contributed by atoms with Crippen LogP contribution in [0.4, 0.5) is 4.79 Å². The van der Waals surface area contributed by atoms with Crippen LogP contribution in [0, 0.1) is 0 Å². The van der Waals surface area contributed by atoms with Gasteiger partial charge in [0.1, 0.15) is 18.0 Å². The summed E-state index contributed by atoms with van der Waals surface area (Å²) in [5, 5.41) is 11.0. The molecule has 1 aliphatic carbocycles. The van der Waals surface area contributed by atoms with E-state index in [1.54, 1.807) is 0 Å². The molecule has 0 aromatic heterocycles. The van der Waals surface area contributed by atoms with Crippen LogP contribution in [0.1, 0.15) is 69.4 Å². The van der Waals surface area contributed by atoms with Crippen LogP contribution in [0.3, 0.4) is 0 Å². The number of benzene rings is 1. The van der Waals surface area contributed by atoms with Gasteiger partial charge in [0.2, 0.25) is 0 Å². The Morgan fingerprint density at radius 3 is 2.72 bits per heavy atom. The predicted octanol–water partition coefficient (Wildman–Crippen LogP) is 5.33. The Kier molecular flexibility index (Phi) is 8.77. The summed E-state index contributed by atoms with van der Waals surface area (Å²) in [6.45, 7) is 7.43. The van der Waals surface area contributed by atoms with Crippen LogP contribution < -0.4 is 14.8 Å². The molecule has 158 valence electrons. The average Bonchev–Trinajstić information content (AvgIpc) is 2.67. The molecule has 0 fully saturated rings. The second kappa shape index (κ2) is 11.3. The largest absolute Gasteiger partial charge is 0.480 e. The van der Waals surface area contributed by atoms with Gasteiger partial charge >= 0.3 is 12.1 Å². The Bertz CT molecular complexity index is 769. The maximum Gasteiger partial charge on any atom is 0.413 e. The average molecular weight is 402 g/mol. The van der Waals surface area contributed by atoms with Crippen LogP contribution in [0.2, 0.25) is 0 Å². The van der Waals surface area contributed by atoms with Gasteiger partial charge in [0.05, 0.1) is 6.26 Å². The lowest BCUT2D eigenvalue weighted by Crippen LogP contribution is -2.32. The first-order valence-electron chi connectivity index (χ1n) is 10.2. The van der Waals surface area contributed by atoms with Crippen molar-refractivity contribution in [1.82, 2.24) is 5.32 Å². The molecule has 1 unspecified atom stereocenters. The van der Waals surface area contributed by atoms with Gasteiger partial charge in [0.15, 0.2) is 0 Å². The molecule has 2 rings (SSSR count). The van der Waals surface area contributed by atoms with E-state index in [-0.39, 0.29) is 5.92 Å². The summed E-state index contributed by atoms with van der Waals surface area (Å²) in [5.74, 6) is -0.0247. The fourth-order valence-corrected chi connectivity index (χ4v) is 3.64. The predicted molar refractivity (Wildman–Crippen MR) is 113 cm³/mol. The van der Waals surface area contributed by atoms with Crippen molar-refractivity contribution in [1.29, 1.82) is 0 Å². The number of amides is 1. The lowest BCUT2D eigenvalue weighted by atomic mass is 9.84. The number of carboxylic acid groups (broad SMARTS) is 1. The van der Waals surface area contributed by atoms with Crippen molar-refractivity contribution in [3.8, 4) is 11.5 Å². The zero-order valence-corrected chi connectivity index (χ0v) is 17.3. The number of rotatable bonds is 10. The van der Waals surface area contributed by atoms with Gasteiger partial charge in [-0.3, -0.25) is 4.79 Å². The first kappa shape index (κ1) is 22.5. The highest BCUT2D eigenvalue weighted by Gasteiger charge is 2.24. The highest BCUT2D eigenvalue weighted by atomic mass is 16.6. The number of carbonyl (C=O) groups excluding carboxylic acids is 1. The van der Waals surface area contributed by atoms with E-state index < -0.39 is 18.6 Å². The molecule has 1 aliphatic rings. The second-order valence-electron chi connectivity index (χ2n) is 7.40. The zero-order chi connectivity index (χ0) is 21.2. The standard InChI is InChI=1S/C23H31NO5/c1-4-6-7-10-17-13-19(28-5-2)22(18-11-8-9-16(3)12-18)20(14-17)29-23(27)24-15-21(25)26/h5,12-14,18H,2,4,6-11,15H2,1,3H3,(H,24,27)(H,25,26). The van der Waals surface area contributed by atoms with E-state index in [1.807, 2.05) is 12.1 Å². The van der Waals surface area contributed by atoms with Crippen molar-refractivity contribution >= 4 is 12.1 Å². The molecule has 1 aromatic carbocycles. The molecule has 2 N–H and O–H groups in total. The first-order valence-corrected chi connectivity index (χ1v) is 10.2. The molecule has 0 spiro atoms. The number of nitrogens with one attached hydrogen (secondary N) is 1. The van der Waals surface area contributed by atoms with Gasteiger partial charge in [-0.1, -0.05) is 38.0 Å². The van der Waals surface area contributed by atoms with E-state index >= 15 is 0 Å². The quantitative estimate of drug-likeness (QED) is 0.314. The molecule has 1 atom stereocenters. The molecule has 0 aliphatic heterocycles. The molecule has 29 heavy (non-hydrogen) atoms. The van der Waals surface area contributed by atoms with E-state index in [9.17, 15) is 9.59 Å². The van der Waals surface area contributed by atoms with Crippen LogP contribution >= 0.6 is 0 Å². The Balaban J connectivity index is 2.42. The SMILES string of the molecule is C=COc1cc(CCCCC)cc(OC(=O)NCC(=O)O)c1C1C=C(C)CCC1. The third kappa shape index (κ3) is 6.97. The van der Waals surface area contributed by atoms with Crippen molar-refractivity contribution in [3.05, 3.63) is 47.7 Å². The number of aliphatic carboxylic acids is 1. The van der Waals surface area contributed by atoms with Gasteiger partial charge in [-0.25, -0.2) is 4.79 Å². The normalized spacial score (nSPS) is 15.9. The van der Waals surface area contributed by atoms with Gasteiger partial charge in [-0.15, -0.1) is 0 Å². The van der Waals surface area contributed by atoms with Crippen molar-refractivity contribution in [2.75, 3.05) is 6.54 Å². The number of ether oxygens (including phenoxy) is 2. The van der Waals surface area contributed by atoms with Crippen molar-refractivity contribution in [3.63, 3.8) is 0 Å². The van der Waals surface area contributed by atoms with E-state index in [4.69, 9.17) is 14.6 Å². The fraction of sp³-hybridized carbons (Fsp3) is 0.478. The molecule has 6 heteroatoms. The van der Waals surface area contributed by atoms with E-state index in [0.29, 0.717) is 11.5 Å². The Labute approximate surface area is 172 Å². The number of hydrogen-bond acceptors (Lipinski definition) is 4. The molecular weight excluding hydrogens is 370 g/mol. The third-order valence-corrected chi connectivity index (χ3v) is 4.97. The number of allylic oxidation sites excluding steroid dienone is 2. The minimum absolute atomic E-state index is 0.0608. The van der Waals surface area contributed by atoms with Gasteiger partial charge in [-0.05, 0) is 56.7 Å². The highest BCUT2D eigenvalue weighted by Crippen LogP contribution is 2.43. The summed E-state index contributed by atoms with van der Waals surface area (Å²) in [6.07, 6.45) is 9.89. The summed E-state index contributed by atoms with van der Waals surface area (Å²) in [5.41, 5.74) is 3.10. The molecule has 0 saturated carbocycles. The van der Waals surface area contributed by atoms with Crippen LogP contribution in [-0.4, -0.2) is 23.7 Å². The van der Waals surface area contributed by atoms with Crippen LogP contribution in [0.15, 0.2) is 36.6 Å². The molecule has 0 bridgehead atoms. The van der Waals surface area contributed by atoms with Crippen molar-refractivity contribution in [2.45, 2.75) is 64.7 Å². The molecule has 6 nitrogen and oxygen atoms in total. The molecule has 0 heterocycles.